The van der Waals surface area contributed by atoms with Gasteiger partial charge in [0.15, 0.2) is 5.78 Å². The van der Waals surface area contributed by atoms with Gasteiger partial charge in [-0.3, -0.25) is 19.1 Å². The van der Waals surface area contributed by atoms with Crippen LogP contribution in [0.1, 0.15) is 82.0 Å². The van der Waals surface area contributed by atoms with E-state index in [0.29, 0.717) is 70.5 Å². The van der Waals surface area contributed by atoms with Crippen molar-refractivity contribution >= 4 is 58.1 Å². The number of aromatic nitrogens is 5. The average Bonchev–Trinajstić information content (AvgIpc) is 3.70. The molecule has 2 amide bonds. The zero-order valence-corrected chi connectivity index (χ0v) is 29.0. The van der Waals surface area contributed by atoms with Crippen molar-refractivity contribution in [2.45, 2.75) is 84.6 Å². The number of nitrogens with one attached hydrogen (secondary N) is 1. The minimum atomic E-state index is -0.610. The van der Waals surface area contributed by atoms with E-state index in [1.54, 1.807) is 27.8 Å². The molecule has 4 aromatic rings. The van der Waals surface area contributed by atoms with Crippen molar-refractivity contribution in [1.82, 2.24) is 29.6 Å². The summed E-state index contributed by atoms with van der Waals surface area (Å²) in [6.07, 6.45) is 9.03. The molecule has 12 heteroatoms. The normalized spacial score (nSPS) is 19.4. The van der Waals surface area contributed by atoms with Crippen LogP contribution < -0.4 is 5.32 Å². The number of Topliss-reactive ketones (excluding diaryl/α,β-unsaturated/α-hetero) is 1. The van der Waals surface area contributed by atoms with E-state index in [1.165, 1.54) is 13.3 Å². The van der Waals surface area contributed by atoms with Gasteiger partial charge in [-0.15, -0.1) is 0 Å². The molecule has 6 rings (SSSR count). The predicted molar refractivity (Wildman–Crippen MR) is 187 cm³/mol. The second-order valence-corrected chi connectivity index (χ2v) is 13.0. The van der Waals surface area contributed by atoms with Crippen LogP contribution in [0.15, 0.2) is 53.4 Å². The Morgan fingerprint density at radius 3 is 2.49 bits per heavy atom. The Bertz CT molecular complexity index is 1750. The number of amides is 2. The molecule has 1 aliphatic carbocycles. The zero-order valence-electron chi connectivity index (χ0n) is 27.4. The van der Waals surface area contributed by atoms with Crippen LogP contribution in [0.25, 0.3) is 22.0 Å². The Hall–Kier alpha value is -3.93. The van der Waals surface area contributed by atoms with E-state index in [1.807, 2.05) is 44.4 Å². The van der Waals surface area contributed by atoms with Crippen molar-refractivity contribution in [2.24, 2.45) is 11.8 Å². The van der Waals surface area contributed by atoms with E-state index in [0.717, 1.165) is 29.8 Å². The van der Waals surface area contributed by atoms with Gasteiger partial charge in [0.05, 0.1) is 13.4 Å². The molecule has 0 bridgehead atoms. The number of ketones is 1. The summed E-state index contributed by atoms with van der Waals surface area (Å²) in [5.41, 5.74) is 2.66. The summed E-state index contributed by atoms with van der Waals surface area (Å²) in [5.74, 6) is 2.01. The minimum absolute atomic E-state index is 0.0921. The summed E-state index contributed by atoms with van der Waals surface area (Å²) in [7, 11) is 5.84. The molecule has 3 aromatic heterocycles. The Morgan fingerprint density at radius 1 is 1.06 bits per heavy atom. The number of rotatable bonds is 10. The van der Waals surface area contributed by atoms with Crippen LogP contribution in [-0.4, -0.2) is 67.7 Å². The lowest BCUT2D eigenvalue weighted by atomic mass is 9.68. The van der Waals surface area contributed by atoms with Crippen molar-refractivity contribution in [2.75, 3.05) is 11.9 Å². The Balaban J connectivity index is 0.00000213. The van der Waals surface area contributed by atoms with Gasteiger partial charge in [0.2, 0.25) is 11.8 Å². The van der Waals surface area contributed by atoms with Gasteiger partial charge in [-0.25, -0.2) is 15.0 Å². The maximum Gasteiger partial charge on any atom is 0.248 e. The minimum Gasteiger partial charge on any atom is -0.329 e. The third-order valence-corrected chi connectivity index (χ3v) is 9.51. The topological polar surface area (TPSA) is 123 Å². The van der Waals surface area contributed by atoms with Crippen LogP contribution in [-0.2, 0) is 16.1 Å². The number of likely N-dealkylation sites (tertiary alicyclic amines) is 1. The lowest BCUT2D eigenvalue weighted by Gasteiger charge is -2.37. The first kappa shape index (κ1) is 34.4. The van der Waals surface area contributed by atoms with E-state index in [9.17, 15) is 14.4 Å². The predicted octanol–water partition coefficient (Wildman–Crippen LogP) is 6.62. The first-order valence-corrected chi connectivity index (χ1v) is 17.3. The van der Waals surface area contributed by atoms with E-state index in [-0.39, 0.29) is 24.1 Å². The highest BCUT2D eigenvalue weighted by molar-refractivity contribution is 9.10. The molecule has 2 radical (unpaired) electrons. The fourth-order valence-electron chi connectivity index (χ4n) is 6.47. The van der Waals surface area contributed by atoms with Crippen LogP contribution in [0.2, 0.25) is 6.32 Å². The number of fused-ring (bicyclic) bond motifs is 1. The molecule has 4 heterocycles. The van der Waals surface area contributed by atoms with Crippen molar-refractivity contribution in [1.29, 1.82) is 0 Å². The molecule has 244 valence electrons. The number of nitrogens with zero attached hydrogens (tertiary/aromatic N) is 6. The molecule has 1 aliphatic heterocycles. The molecule has 2 fully saturated rings. The third kappa shape index (κ3) is 7.64. The van der Waals surface area contributed by atoms with Gasteiger partial charge in [0.1, 0.15) is 34.5 Å². The quantitative estimate of drug-likeness (QED) is 0.112. The number of pyridine rings is 1. The van der Waals surface area contributed by atoms with Gasteiger partial charge in [-0.2, -0.15) is 5.10 Å². The average molecular weight is 698 g/mol. The van der Waals surface area contributed by atoms with Crippen LogP contribution in [0, 0.1) is 11.8 Å². The van der Waals surface area contributed by atoms with Gasteiger partial charge >= 0.3 is 0 Å². The fourth-order valence-corrected chi connectivity index (χ4v) is 6.81. The van der Waals surface area contributed by atoms with Gasteiger partial charge in [0.25, 0.3) is 0 Å². The molecule has 10 nitrogen and oxygen atoms in total. The van der Waals surface area contributed by atoms with E-state index >= 15 is 0 Å². The lowest BCUT2D eigenvalue weighted by Crippen LogP contribution is -2.44. The Labute approximate surface area is 285 Å². The third-order valence-electron chi connectivity index (χ3n) is 9.07. The molecule has 0 spiro atoms. The van der Waals surface area contributed by atoms with Crippen molar-refractivity contribution < 1.29 is 14.4 Å². The smallest absolute Gasteiger partial charge is 0.248 e. The van der Waals surface area contributed by atoms with E-state index in [4.69, 9.17) is 17.8 Å². The molecule has 1 saturated heterocycles. The summed E-state index contributed by atoms with van der Waals surface area (Å²) in [4.78, 5) is 54.5. The monoisotopic (exact) mass is 697 g/mol. The number of anilines is 1. The maximum atomic E-state index is 13.5. The number of hydrogen-bond acceptors (Lipinski definition) is 7. The molecule has 1 aromatic carbocycles. The van der Waals surface area contributed by atoms with Crippen LogP contribution in [0.3, 0.4) is 0 Å². The van der Waals surface area contributed by atoms with Crippen LogP contribution in [0.4, 0.5) is 5.82 Å². The summed E-state index contributed by atoms with van der Waals surface area (Å²) in [5, 5.41) is 8.01. The van der Waals surface area contributed by atoms with Gasteiger partial charge in [-0.05, 0) is 83.8 Å². The molecule has 2 aliphatic rings. The van der Waals surface area contributed by atoms with Crippen molar-refractivity contribution in [3.8, 4) is 11.1 Å². The van der Waals surface area contributed by atoms with E-state index < -0.39 is 6.04 Å². The summed E-state index contributed by atoms with van der Waals surface area (Å²) < 4.78 is 2.16. The number of benzene rings is 1. The maximum absolute atomic E-state index is 13.5. The first-order chi connectivity index (χ1) is 22.7. The largest absolute Gasteiger partial charge is 0.329 e. The van der Waals surface area contributed by atoms with Crippen molar-refractivity contribution in [3.05, 3.63) is 64.9 Å². The zero-order chi connectivity index (χ0) is 33.7. The summed E-state index contributed by atoms with van der Waals surface area (Å²) >= 11 is 3.31. The molecule has 4 atom stereocenters. The highest BCUT2D eigenvalue weighted by atomic mass is 79.9. The molecule has 47 heavy (non-hydrogen) atoms. The number of halogens is 1. The Kier molecular flexibility index (Phi) is 11.2. The highest BCUT2D eigenvalue weighted by Crippen LogP contribution is 2.45. The van der Waals surface area contributed by atoms with Gasteiger partial charge in [-0.1, -0.05) is 45.1 Å². The lowest BCUT2D eigenvalue weighted by molar-refractivity contribution is -0.137. The second-order valence-electron chi connectivity index (χ2n) is 12.2. The first-order valence-electron chi connectivity index (χ1n) is 16.5. The number of hydrogen-bond donors (Lipinski definition) is 1. The van der Waals surface area contributed by atoms with Crippen molar-refractivity contribution in [3.63, 3.8) is 0 Å². The molecular weight excluding hydrogens is 657 g/mol. The standard InChI is InChI=1S/C33H35BBrN7O3.C2H6/c1-19(15-34)13-22-8-10-24(22)32-36-16-23(17-37-32)21-9-11-26-25(14-21)31(20(2)43)40-42(26)18-30(44)41-12-4-5-27(41)33(45)39-29-7-3-6-28(35)38-29;1-2/h3,6-7,9,11,14,16-17,19,22,24,27H,4-5,8,10,12-13,15,18H2,1-2H3,(H,38,39,45);1-2H3. The Morgan fingerprint density at radius 2 is 1.83 bits per heavy atom. The second kappa shape index (κ2) is 15.3. The summed E-state index contributed by atoms with van der Waals surface area (Å²) in [6.45, 7) is 8.03. The molecule has 1 saturated carbocycles. The molecule has 4 unspecified atom stereocenters. The number of carbonyl (C=O) groups is 3. The highest BCUT2D eigenvalue weighted by Gasteiger charge is 2.36. The molecular formula is C35H41BBrN7O3. The molecule has 1 N–H and O–H groups in total. The van der Waals surface area contributed by atoms with E-state index in [2.05, 4.69) is 38.3 Å². The fraction of sp³-hybridized carbons (Fsp3) is 0.457. The number of carbonyl (C=O) groups excluding carboxylic acids is 3. The summed E-state index contributed by atoms with van der Waals surface area (Å²) in [6, 6.07) is 10.4. The van der Waals surface area contributed by atoms with Crippen LogP contribution in [0.5, 0.6) is 0 Å². The van der Waals surface area contributed by atoms with Gasteiger partial charge in [0, 0.05) is 42.7 Å². The van der Waals surface area contributed by atoms with Gasteiger partial charge < -0.3 is 10.2 Å². The SMILES string of the molecule is CC.[B]CC(C)CC1CCC1c1ncc(-c2ccc3c(c2)c(C(C)=O)nn3CC(=O)N2CCCC2C(=O)Nc2cccc(Br)n2)cn1. The van der Waals surface area contributed by atoms with Crippen LogP contribution >= 0.6 is 15.9 Å².